The van der Waals surface area contributed by atoms with Crippen LogP contribution in [-0.4, -0.2) is 67.3 Å². The molecule has 30 heavy (non-hydrogen) atoms. The first-order valence-corrected chi connectivity index (χ1v) is 12.5. The van der Waals surface area contributed by atoms with E-state index in [0.29, 0.717) is 5.56 Å². The number of nitrogens with zero attached hydrogens (tertiary/aromatic N) is 4. The van der Waals surface area contributed by atoms with Crippen LogP contribution in [0.1, 0.15) is 24.0 Å². The van der Waals surface area contributed by atoms with E-state index < -0.39 is 31.0 Å². The predicted octanol–water partition coefficient (Wildman–Crippen LogP) is 0.175. The van der Waals surface area contributed by atoms with E-state index in [2.05, 4.69) is 14.9 Å². The molecule has 2 heterocycles. The van der Waals surface area contributed by atoms with Crippen molar-refractivity contribution in [1.82, 2.24) is 24.4 Å². The number of carbonyl (C=O) groups is 1. The van der Waals surface area contributed by atoms with Gasteiger partial charge < -0.3 is 9.47 Å². The van der Waals surface area contributed by atoms with Crippen LogP contribution >= 0.6 is 0 Å². The molecule has 1 N–H and O–H groups in total. The number of sulfonamides is 1. The second-order valence-corrected chi connectivity index (χ2v) is 11.3. The topological polar surface area (TPSA) is 131 Å². The van der Waals surface area contributed by atoms with Crippen molar-refractivity contribution in [2.24, 2.45) is 7.05 Å². The molecule has 1 aliphatic rings. The molecule has 1 saturated heterocycles. The number of rotatable bonds is 6. The van der Waals surface area contributed by atoms with Gasteiger partial charge in [0, 0.05) is 20.1 Å². The number of hydrogen-bond acceptors (Lipinski definition) is 7. The van der Waals surface area contributed by atoms with Crippen molar-refractivity contribution in [3.8, 4) is 0 Å². The molecule has 1 aliphatic heterocycles. The van der Waals surface area contributed by atoms with E-state index in [0.717, 1.165) is 5.56 Å². The highest BCUT2D eigenvalue weighted by Gasteiger charge is 2.35. The number of carbonyl (C=O) groups excluding carboxylic acids is 1. The number of likely N-dealkylation sites (tertiary alicyclic amines) is 1. The Balaban J connectivity index is 1.59. The summed E-state index contributed by atoms with van der Waals surface area (Å²) < 4.78 is 54.2. The van der Waals surface area contributed by atoms with Gasteiger partial charge in [0.25, 0.3) is 0 Å². The molecule has 1 fully saturated rings. The minimum Gasteiger partial charge on any atom is -0.341 e. The minimum atomic E-state index is -3.83. The van der Waals surface area contributed by atoms with Crippen LogP contribution in [0.4, 0.5) is 0 Å². The average molecular weight is 456 g/mol. The normalized spacial score (nSPS) is 16.0. The lowest BCUT2D eigenvalue weighted by Gasteiger charge is -2.31. The molecule has 0 aliphatic carbocycles. The monoisotopic (exact) mass is 455 g/mol. The maximum atomic E-state index is 12.7. The second kappa shape index (κ2) is 8.44. The first kappa shape index (κ1) is 22.4. The summed E-state index contributed by atoms with van der Waals surface area (Å²) in [5.41, 5.74) is 1.40. The smallest absolute Gasteiger partial charge is 0.249 e. The number of nitrogens with one attached hydrogen (secondary N) is 1. The molecule has 0 unspecified atom stereocenters. The third-order valence-electron chi connectivity index (χ3n) is 5.20. The van der Waals surface area contributed by atoms with E-state index in [1.54, 1.807) is 33.0 Å². The summed E-state index contributed by atoms with van der Waals surface area (Å²) in [5.74, 6) is -0.390. The van der Waals surface area contributed by atoms with Crippen LogP contribution < -0.4 is 4.72 Å². The maximum Gasteiger partial charge on any atom is 0.249 e. The van der Waals surface area contributed by atoms with Gasteiger partial charge in [-0.1, -0.05) is 12.1 Å². The molecule has 3 rings (SSSR count). The van der Waals surface area contributed by atoms with Gasteiger partial charge in [0.2, 0.25) is 30.9 Å². The Morgan fingerprint density at radius 3 is 2.43 bits per heavy atom. The van der Waals surface area contributed by atoms with Gasteiger partial charge in [0.1, 0.15) is 6.33 Å². The summed E-state index contributed by atoms with van der Waals surface area (Å²) in [6.45, 7) is 3.56. The standard InChI is InChI=1S/C18H25N5O5S2/c1-13-4-5-14(2)16(10-13)30(27,28)20-11-17(24)23-8-6-15(7-9-23)29(25,26)18-21-19-12-22(18)3/h4-5,10,12,15,20H,6-9,11H2,1-3H3. The zero-order valence-electron chi connectivity index (χ0n) is 17.1. The van der Waals surface area contributed by atoms with Crippen molar-refractivity contribution in [2.45, 2.75) is 42.0 Å². The Hall–Kier alpha value is -2.31. The lowest BCUT2D eigenvalue weighted by atomic mass is 10.1. The van der Waals surface area contributed by atoms with E-state index in [-0.39, 0.29) is 42.5 Å². The number of aromatic nitrogens is 3. The van der Waals surface area contributed by atoms with Crippen LogP contribution in [0.5, 0.6) is 0 Å². The molecule has 0 bridgehead atoms. The Kier molecular flexibility index (Phi) is 6.29. The molecule has 0 spiro atoms. The number of piperidine rings is 1. The van der Waals surface area contributed by atoms with Crippen molar-refractivity contribution in [2.75, 3.05) is 19.6 Å². The molecule has 1 amide bonds. The highest BCUT2D eigenvalue weighted by Crippen LogP contribution is 2.23. The van der Waals surface area contributed by atoms with Crippen molar-refractivity contribution >= 4 is 25.8 Å². The van der Waals surface area contributed by atoms with E-state index in [9.17, 15) is 21.6 Å². The maximum absolute atomic E-state index is 12.7. The number of amides is 1. The summed E-state index contributed by atoms with van der Waals surface area (Å²) in [4.78, 5) is 14.1. The lowest BCUT2D eigenvalue weighted by Crippen LogP contribution is -2.46. The van der Waals surface area contributed by atoms with Gasteiger partial charge in [-0.2, -0.15) is 0 Å². The van der Waals surface area contributed by atoms with E-state index in [1.807, 2.05) is 6.07 Å². The summed E-state index contributed by atoms with van der Waals surface area (Å²) in [6, 6.07) is 5.09. The third kappa shape index (κ3) is 4.55. The molecule has 12 heteroatoms. The highest BCUT2D eigenvalue weighted by molar-refractivity contribution is 7.91. The molecule has 1 aromatic heterocycles. The molecule has 0 radical (unpaired) electrons. The van der Waals surface area contributed by atoms with Crippen LogP contribution in [0.2, 0.25) is 0 Å². The van der Waals surface area contributed by atoms with Crippen LogP contribution in [-0.2, 0) is 31.7 Å². The first-order valence-electron chi connectivity index (χ1n) is 9.45. The van der Waals surface area contributed by atoms with Gasteiger partial charge in [0.15, 0.2) is 0 Å². The third-order valence-corrected chi connectivity index (χ3v) is 8.98. The molecule has 2 aromatic rings. The zero-order valence-corrected chi connectivity index (χ0v) is 18.7. The Bertz CT molecular complexity index is 1150. The van der Waals surface area contributed by atoms with Crippen LogP contribution in [0.3, 0.4) is 0 Å². The van der Waals surface area contributed by atoms with Crippen molar-refractivity contribution in [1.29, 1.82) is 0 Å². The van der Waals surface area contributed by atoms with Crippen molar-refractivity contribution in [3.05, 3.63) is 35.7 Å². The van der Waals surface area contributed by atoms with Gasteiger partial charge in [-0.3, -0.25) is 4.79 Å². The fraction of sp³-hybridized carbons (Fsp3) is 0.500. The largest absolute Gasteiger partial charge is 0.341 e. The van der Waals surface area contributed by atoms with Gasteiger partial charge in [-0.15, -0.1) is 10.2 Å². The Morgan fingerprint density at radius 2 is 1.83 bits per heavy atom. The second-order valence-electron chi connectivity index (χ2n) is 7.44. The predicted molar refractivity (Wildman–Crippen MR) is 109 cm³/mol. The summed E-state index contributed by atoms with van der Waals surface area (Å²) in [6.07, 6.45) is 1.84. The molecule has 0 atom stereocenters. The zero-order chi connectivity index (χ0) is 22.1. The van der Waals surface area contributed by atoms with Crippen LogP contribution in [0.25, 0.3) is 0 Å². The summed E-state index contributed by atoms with van der Waals surface area (Å²) in [7, 11) is -5.90. The fourth-order valence-electron chi connectivity index (χ4n) is 3.44. The number of hydrogen-bond donors (Lipinski definition) is 1. The van der Waals surface area contributed by atoms with E-state index >= 15 is 0 Å². The lowest BCUT2D eigenvalue weighted by molar-refractivity contribution is -0.130. The van der Waals surface area contributed by atoms with E-state index in [1.165, 1.54) is 15.8 Å². The average Bonchev–Trinajstić information content (AvgIpc) is 3.15. The quantitative estimate of drug-likeness (QED) is 0.657. The summed E-state index contributed by atoms with van der Waals surface area (Å²) >= 11 is 0. The Morgan fingerprint density at radius 1 is 1.17 bits per heavy atom. The first-order chi connectivity index (χ1) is 14.0. The fourth-order valence-corrected chi connectivity index (χ4v) is 6.48. The molecule has 1 aromatic carbocycles. The van der Waals surface area contributed by atoms with Crippen molar-refractivity contribution in [3.63, 3.8) is 0 Å². The van der Waals surface area contributed by atoms with Gasteiger partial charge in [-0.05, 0) is 43.9 Å². The van der Waals surface area contributed by atoms with Gasteiger partial charge in [0.05, 0.1) is 16.7 Å². The van der Waals surface area contributed by atoms with Crippen LogP contribution in [0.15, 0.2) is 34.6 Å². The number of aryl methyl sites for hydroxylation is 3. The number of benzene rings is 1. The number of sulfone groups is 1. The summed E-state index contributed by atoms with van der Waals surface area (Å²) in [5, 5.41) is 6.55. The molecule has 10 nitrogen and oxygen atoms in total. The molecular formula is C18H25N5O5S2. The highest BCUT2D eigenvalue weighted by atomic mass is 32.2. The minimum absolute atomic E-state index is 0.0893. The van der Waals surface area contributed by atoms with Crippen LogP contribution in [0, 0.1) is 13.8 Å². The van der Waals surface area contributed by atoms with Gasteiger partial charge in [-0.25, -0.2) is 21.6 Å². The molecule has 164 valence electrons. The molecule has 0 saturated carbocycles. The SMILES string of the molecule is Cc1ccc(C)c(S(=O)(=O)NCC(=O)N2CCC(S(=O)(=O)c3nncn3C)CC2)c1. The van der Waals surface area contributed by atoms with Crippen molar-refractivity contribution < 1.29 is 21.6 Å². The molecular weight excluding hydrogens is 430 g/mol. The van der Waals surface area contributed by atoms with Gasteiger partial charge >= 0.3 is 0 Å². The van der Waals surface area contributed by atoms with E-state index in [4.69, 9.17) is 0 Å². The Labute approximate surface area is 176 Å².